The molecule has 106 valence electrons. The van der Waals surface area contributed by atoms with Crippen LogP contribution in [0.1, 0.15) is 36.5 Å². The smallest absolute Gasteiger partial charge is 0.251 e. The molecule has 0 amide bonds. The molecule has 0 aromatic heterocycles. The van der Waals surface area contributed by atoms with Crippen molar-refractivity contribution >= 4 is 16.9 Å². The van der Waals surface area contributed by atoms with Crippen LogP contribution >= 0.6 is 11.8 Å². The summed E-state index contributed by atoms with van der Waals surface area (Å²) < 4.78 is 39.6. The Morgan fingerprint density at radius 3 is 2.53 bits per heavy atom. The number of alkyl halides is 3. The Bertz CT molecular complexity index is 395. The highest BCUT2D eigenvalue weighted by atomic mass is 32.2. The first-order valence-corrected chi connectivity index (χ1v) is 7.17. The average molecular weight is 290 g/mol. The lowest BCUT2D eigenvalue weighted by atomic mass is 10.1. The fraction of sp³-hybridized carbons (Fsp3) is 0.500. The van der Waals surface area contributed by atoms with Gasteiger partial charge >= 0.3 is 0 Å². The summed E-state index contributed by atoms with van der Waals surface area (Å²) in [4.78, 5) is 11.7. The first kappa shape index (κ1) is 16.1. The Kier molecular flexibility index (Phi) is 6.42. The molecule has 1 nitrogen and oxygen atoms in total. The Morgan fingerprint density at radius 1 is 1.32 bits per heavy atom. The highest BCUT2D eigenvalue weighted by Crippen LogP contribution is 2.29. The van der Waals surface area contributed by atoms with Gasteiger partial charge in [0.05, 0.1) is 0 Å². The first-order chi connectivity index (χ1) is 8.94. The molecule has 1 aromatic carbocycles. The number of hydrogen-bond donors (Lipinski definition) is 0. The SMILES string of the molecule is CCC(F)CC(F)(F)CCSC(=O)c1ccccc1. The van der Waals surface area contributed by atoms with Crippen LogP contribution in [0.3, 0.4) is 0 Å². The topological polar surface area (TPSA) is 17.1 Å². The van der Waals surface area contributed by atoms with E-state index in [1.165, 1.54) is 6.92 Å². The van der Waals surface area contributed by atoms with Crippen molar-refractivity contribution in [2.45, 2.75) is 38.3 Å². The molecule has 1 rings (SSSR count). The highest BCUT2D eigenvalue weighted by Gasteiger charge is 2.32. The standard InChI is InChI=1S/C14H17F3OS/c1-2-12(15)10-14(16,17)8-9-19-13(18)11-6-4-3-5-7-11/h3-7,12H,2,8-10H2,1H3. The van der Waals surface area contributed by atoms with E-state index in [0.717, 1.165) is 11.8 Å². The van der Waals surface area contributed by atoms with Crippen molar-refractivity contribution in [2.24, 2.45) is 0 Å². The lowest BCUT2D eigenvalue weighted by Gasteiger charge is -2.17. The van der Waals surface area contributed by atoms with Crippen LogP contribution < -0.4 is 0 Å². The second-order valence-corrected chi connectivity index (χ2v) is 5.39. The molecule has 0 heterocycles. The maximum Gasteiger partial charge on any atom is 0.251 e. The number of thioether (sulfide) groups is 1. The number of carbonyl (C=O) groups is 1. The Labute approximate surface area is 115 Å². The quantitative estimate of drug-likeness (QED) is 0.722. The Balaban J connectivity index is 2.35. The summed E-state index contributed by atoms with van der Waals surface area (Å²) in [6.45, 7) is 1.54. The molecule has 1 aromatic rings. The second kappa shape index (κ2) is 7.58. The van der Waals surface area contributed by atoms with E-state index in [9.17, 15) is 18.0 Å². The Hall–Kier alpha value is -0.970. The van der Waals surface area contributed by atoms with Crippen molar-refractivity contribution in [3.05, 3.63) is 35.9 Å². The number of benzene rings is 1. The van der Waals surface area contributed by atoms with Crippen LogP contribution in [0.15, 0.2) is 30.3 Å². The normalized spacial score (nSPS) is 13.3. The van der Waals surface area contributed by atoms with Crippen molar-refractivity contribution < 1.29 is 18.0 Å². The summed E-state index contributed by atoms with van der Waals surface area (Å²) in [7, 11) is 0. The molecule has 0 fully saturated rings. The molecule has 0 saturated carbocycles. The van der Waals surface area contributed by atoms with Crippen LogP contribution in [-0.4, -0.2) is 23.0 Å². The van der Waals surface area contributed by atoms with Crippen molar-refractivity contribution in [3.8, 4) is 0 Å². The molecular formula is C14H17F3OS. The molecule has 19 heavy (non-hydrogen) atoms. The van der Waals surface area contributed by atoms with Gasteiger partial charge in [-0.1, -0.05) is 49.0 Å². The lowest BCUT2D eigenvalue weighted by molar-refractivity contribution is -0.0306. The lowest BCUT2D eigenvalue weighted by Crippen LogP contribution is -2.22. The van der Waals surface area contributed by atoms with E-state index in [0.29, 0.717) is 5.56 Å². The third kappa shape index (κ3) is 6.14. The predicted molar refractivity (Wildman–Crippen MR) is 72.6 cm³/mol. The number of rotatable bonds is 7. The van der Waals surface area contributed by atoms with Crippen LogP contribution in [0.25, 0.3) is 0 Å². The number of hydrogen-bond acceptors (Lipinski definition) is 2. The summed E-state index contributed by atoms with van der Waals surface area (Å²) in [5.74, 6) is -3.05. The van der Waals surface area contributed by atoms with Crippen molar-refractivity contribution in [3.63, 3.8) is 0 Å². The molecule has 0 aliphatic rings. The van der Waals surface area contributed by atoms with E-state index >= 15 is 0 Å². The van der Waals surface area contributed by atoms with Gasteiger partial charge in [0.25, 0.3) is 5.92 Å². The third-order valence-corrected chi connectivity index (χ3v) is 3.58. The first-order valence-electron chi connectivity index (χ1n) is 6.18. The molecule has 0 spiro atoms. The minimum atomic E-state index is -3.04. The zero-order valence-electron chi connectivity index (χ0n) is 10.7. The van der Waals surface area contributed by atoms with Gasteiger partial charge in [0, 0.05) is 24.2 Å². The van der Waals surface area contributed by atoms with Gasteiger partial charge in [0.2, 0.25) is 5.12 Å². The molecule has 0 bridgehead atoms. The fourth-order valence-electron chi connectivity index (χ4n) is 1.52. The molecular weight excluding hydrogens is 273 g/mol. The molecule has 0 saturated heterocycles. The number of carbonyl (C=O) groups excluding carboxylic acids is 1. The van der Waals surface area contributed by atoms with Gasteiger partial charge in [-0.25, -0.2) is 13.2 Å². The van der Waals surface area contributed by atoms with Gasteiger partial charge in [0.1, 0.15) is 6.17 Å². The molecule has 0 aliphatic heterocycles. The van der Waals surface area contributed by atoms with E-state index in [-0.39, 0.29) is 17.3 Å². The van der Waals surface area contributed by atoms with E-state index in [1.807, 2.05) is 0 Å². The predicted octanol–water partition coefficient (Wildman–Crippen LogP) is 4.72. The monoisotopic (exact) mass is 290 g/mol. The van der Waals surface area contributed by atoms with Crippen molar-refractivity contribution in [1.29, 1.82) is 0 Å². The molecule has 5 heteroatoms. The van der Waals surface area contributed by atoms with Crippen LogP contribution in [0.4, 0.5) is 13.2 Å². The summed E-state index contributed by atoms with van der Waals surface area (Å²) in [5.41, 5.74) is 0.493. The summed E-state index contributed by atoms with van der Waals surface area (Å²) in [6, 6.07) is 8.50. The largest absolute Gasteiger partial charge is 0.282 e. The van der Waals surface area contributed by atoms with Gasteiger partial charge in [-0.2, -0.15) is 0 Å². The maximum atomic E-state index is 13.3. The van der Waals surface area contributed by atoms with E-state index < -0.39 is 24.9 Å². The summed E-state index contributed by atoms with van der Waals surface area (Å²) >= 11 is 0.850. The van der Waals surface area contributed by atoms with Crippen molar-refractivity contribution in [1.82, 2.24) is 0 Å². The third-order valence-electron chi connectivity index (χ3n) is 2.67. The van der Waals surface area contributed by atoms with E-state index in [4.69, 9.17) is 0 Å². The van der Waals surface area contributed by atoms with Crippen molar-refractivity contribution in [2.75, 3.05) is 5.75 Å². The zero-order chi connectivity index (χ0) is 14.3. The number of halogens is 3. The fourth-order valence-corrected chi connectivity index (χ4v) is 2.41. The van der Waals surface area contributed by atoms with Crippen LogP contribution in [0, 0.1) is 0 Å². The van der Waals surface area contributed by atoms with Gasteiger partial charge in [-0.05, 0) is 6.42 Å². The van der Waals surface area contributed by atoms with Gasteiger partial charge in [-0.3, -0.25) is 4.79 Å². The minimum absolute atomic E-state index is 0.00282. The molecule has 1 unspecified atom stereocenters. The second-order valence-electron chi connectivity index (χ2n) is 4.32. The Morgan fingerprint density at radius 2 is 1.95 bits per heavy atom. The molecule has 1 atom stereocenters. The zero-order valence-corrected chi connectivity index (χ0v) is 11.6. The van der Waals surface area contributed by atoms with Gasteiger partial charge < -0.3 is 0 Å². The van der Waals surface area contributed by atoms with Gasteiger partial charge in [-0.15, -0.1) is 0 Å². The highest BCUT2D eigenvalue weighted by molar-refractivity contribution is 8.14. The van der Waals surface area contributed by atoms with Crippen LogP contribution in [0.2, 0.25) is 0 Å². The van der Waals surface area contributed by atoms with Crippen LogP contribution in [0.5, 0.6) is 0 Å². The maximum absolute atomic E-state index is 13.3. The summed E-state index contributed by atoms with van der Waals surface area (Å²) in [6.07, 6.45) is -2.63. The average Bonchev–Trinajstić information content (AvgIpc) is 2.38. The summed E-state index contributed by atoms with van der Waals surface area (Å²) in [5, 5.41) is -0.233. The molecule has 0 N–H and O–H groups in total. The van der Waals surface area contributed by atoms with E-state index in [1.54, 1.807) is 30.3 Å². The molecule has 0 aliphatic carbocycles. The molecule has 0 radical (unpaired) electrons. The van der Waals surface area contributed by atoms with Gasteiger partial charge in [0.15, 0.2) is 0 Å². The van der Waals surface area contributed by atoms with Crippen LogP contribution in [-0.2, 0) is 0 Å². The van der Waals surface area contributed by atoms with E-state index in [2.05, 4.69) is 0 Å². The minimum Gasteiger partial charge on any atom is -0.282 e.